The maximum Gasteiger partial charge on any atom is 0.257 e. The van der Waals surface area contributed by atoms with Crippen LogP contribution in [0.4, 0.5) is 0 Å². The van der Waals surface area contributed by atoms with Gasteiger partial charge in [0.15, 0.2) is 6.61 Å². The molecule has 1 amide bonds. The van der Waals surface area contributed by atoms with Gasteiger partial charge in [0, 0.05) is 16.6 Å². The topological polar surface area (TPSA) is 58.6 Å². The van der Waals surface area contributed by atoms with Crippen molar-refractivity contribution in [1.82, 2.24) is 5.32 Å². The molecule has 0 aromatic heterocycles. The number of nitrogens with one attached hydrogen (secondary N) is 1. The highest BCUT2D eigenvalue weighted by atomic mass is 79.9. The van der Waals surface area contributed by atoms with E-state index in [9.17, 15) is 9.90 Å². The van der Waals surface area contributed by atoms with Crippen molar-refractivity contribution in [3.05, 3.63) is 28.2 Å². The third-order valence-corrected chi connectivity index (χ3v) is 3.13. The van der Waals surface area contributed by atoms with Gasteiger partial charge in [-0.05, 0) is 31.5 Å². The van der Waals surface area contributed by atoms with Crippen molar-refractivity contribution in [2.75, 3.05) is 13.2 Å². The van der Waals surface area contributed by atoms with Gasteiger partial charge in [-0.1, -0.05) is 29.3 Å². The summed E-state index contributed by atoms with van der Waals surface area (Å²) in [4.78, 5) is 11.5. The van der Waals surface area contributed by atoms with E-state index in [1.807, 2.05) is 6.07 Å². The molecular weight excluding hydrogens is 310 g/mol. The summed E-state index contributed by atoms with van der Waals surface area (Å²) in [6, 6.07) is 5.34. The number of aliphatic hydroxyl groups is 1. The Morgan fingerprint density at radius 2 is 2.26 bits per heavy atom. The third-order valence-electron chi connectivity index (χ3n) is 2.63. The summed E-state index contributed by atoms with van der Waals surface area (Å²) in [5.74, 6) is 0.386. The zero-order valence-corrected chi connectivity index (χ0v) is 12.9. The Labute approximate surface area is 122 Å². The van der Waals surface area contributed by atoms with Crippen LogP contribution in [0.2, 0.25) is 0 Å². The molecular formula is C14H20BrNO3. The number of aliphatic hydroxyl groups excluding tert-OH is 1. The summed E-state index contributed by atoms with van der Waals surface area (Å²) in [6.07, 6.45) is 1.36. The summed E-state index contributed by atoms with van der Waals surface area (Å²) in [6.45, 7) is 4.36. The minimum atomic E-state index is -0.643. The number of amides is 1. The SMILES string of the molecule is CCCCNC(=O)COc1ccc(Br)cc1C(C)O. The summed E-state index contributed by atoms with van der Waals surface area (Å²) in [7, 11) is 0. The molecule has 0 aliphatic rings. The highest BCUT2D eigenvalue weighted by Crippen LogP contribution is 2.28. The standard InChI is InChI=1S/C14H20BrNO3/c1-3-4-7-16-14(18)9-19-13-6-5-11(15)8-12(13)10(2)17/h5-6,8,10,17H,3-4,7,9H2,1-2H3,(H,16,18). The molecule has 5 heteroatoms. The molecule has 1 aromatic rings. The molecule has 0 bridgehead atoms. The monoisotopic (exact) mass is 329 g/mol. The molecule has 19 heavy (non-hydrogen) atoms. The third kappa shape index (κ3) is 5.61. The second-order valence-corrected chi connectivity index (χ2v) is 5.27. The fourth-order valence-electron chi connectivity index (χ4n) is 1.58. The first kappa shape index (κ1) is 16.0. The van der Waals surface area contributed by atoms with Gasteiger partial charge in [-0.25, -0.2) is 0 Å². The van der Waals surface area contributed by atoms with E-state index >= 15 is 0 Å². The Kier molecular flexibility index (Phi) is 6.87. The Morgan fingerprint density at radius 3 is 2.89 bits per heavy atom. The number of unbranched alkanes of at least 4 members (excludes halogenated alkanes) is 1. The van der Waals surface area contributed by atoms with Crippen molar-refractivity contribution < 1.29 is 14.6 Å². The molecule has 0 saturated heterocycles. The van der Waals surface area contributed by atoms with Crippen LogP contribution in [0.1, 0.15) is 38.4 Å². The first-order chi connectivity index (χ1) is 9.04. The van der Waals surface area contributed by atoms with Crippen molar-refractivity contribution in [3.63, 3.8) is 0 Å². The molecule has 1 unspecified atom stereocenters. The van der Waals surface area contributed by atoms with E-state index in [2.05, 4.69) is 28.2 Å². The summed E-state index contributed by atoms with van der Waals surface area (Å²) >= 11 is 3.34. The molecule has 2 N–H and O–H groups in total. The molecule has 1 atom stereocenters. The van der Waals surface area contributed by atoms with E-state index < -0.39 is 6.10 Å². The van der Waals surface area contributed by atoms with Gasteiger partial charge < -0.3 is 15.2 Å². The Balaban J connectivity index is 2.55. The number of hydrogen-bond donors (Lipinski definition) is 2. The van der Waals surface area contributed by atoms with Crippen LogP contribution in [0.3, 0.4) is 0 Å². The van der Waals surface area contributed by atoms with Gasteiger partial charge in [0.2, 0.25) is 0 Å². The quantitative estimate of drug-likeness (QED) is 0.756. The van der Waals surface area contributed by atoms with Crippen LogP contribution in [-0.2, 0) is 4.79 Å². The molecule has 0 radical (unpaired) electrons. The number of halogens is 1. The first-order valence-electron chi connectivity index (χ1n) is 6.41. The normalized spacial score (nSPS) is 12.0. The van der Waals surface area contributed by atoms with Crippen LogP contribution in [-0.4, -0.2) is 24.2 Å². The zero-order valence-electron chi connectivity index (χ0n) is 11.3. The van der Waals surface area contributed by atoms with Gasteiger partial charge in [0.25, 0.3) is 5.91 Å². The van der Waals surface area contributed by atoms with Crippen LogP contribution in [0.5, 0.6) is 5.75 Å². The predicted octanol–water partition coefficient (Wildman–Crippen LogP) is 2.80. The largest absolute Gasteiger partial charge is 0.483 e. The minimum absolute atomic E-state index is 0.0366. The van der Waals surface area contributed by atoms with E-state index in [0.717, 1.165) is 17.3 Å². The maximum atomic E-state index is 11.5. The van der Waals surface area contributed by atoms with E-state index in [1.165, 1.54) is 0 Å². The molecule has 0 saturated carbocycles. The number of benzene rings is 1. The number of hydrogen-bond acceptors (Lipinski definition) is 3. The van der Waals surface area contributed by atoms with E-state index in [0.29, 0.717) is 17.9 Å². The molecule has 106 valence electrons. The molecule has 0 fully saturated rings. The van der Waals surface area contributed by atoms with Gasteiger partial charge in [0.05, 0.1) is 6.10 Å². The Hall–Kier alpha value is -1.07. The number of carbonyl (C=O) groups is 1. The summed E-state index contributed by atoms with van der Waals surface area (Å²) < 4.78 is 6.32. The summed E-state index contributed by atoms with van der Waals surface area (Å²) in [5, 5.41) is 12.4. The van der Waals surface area contributed by atoms with Crippen LogP contribution in [0, 0.1) is 0 Å². The van der Waals surface area contributed by atoms with Gasteiger partial charge in [-0.15, -0.1) is 0 Å². The van der Waals surface area contributed by atoms with Crippen LogP contribution >= 0.6 is 15.9 Å². The van der Waals surface area contributed by atoms with E-state index in [1.54, 1.807) is 19.1 Å². The fourth-order valence-corrected chi connectivity index (χ4v) is 1.95. The molecule has 4 nitrogen and oxygen atoms in total. The van der Waals surface area contributed by atoms with Crippen LogP contribution < -0.4 is 10.1 Å². The van der Waals surface area contributed by atoms with Crippen molar-refractivity contribution in [2.45, 2.75) is 32.8 Å². The minimum Gasteiger partial charge on any atom is -0.483 e. The lowest BCUT2D eigenvalue weighted by atomic mass is 10.1. The average molecular weight is 330 g/mol. The number of ether oxygens (including phenoxy) is 1. The fraction of sp³-hybridized carbons (Fsp3) is 0.500. The lowest BCUT2D eigenvalue weighted by Gasteiger charge is -2.13. The molecule has 0 spiro atoms. The van der Waals surface area contributed by atoms with Gasteiger partial charge >= 0.3 is 0 Å². The zero-order chi connectivity index (χ0) is 14.3. The van der Waals surface area contributed by atoms with Gasteiger partial charge in [-0.2, -0.15) is 0 Å². The van der Waals surface area contributed by atoms with Crippen molar-refractivity contribution >= 4 is 21.8 Å². The van der Waals surface area contributed by atoms with Gasteiger partial charge in [-0.3, -0.25) is 4.79 Å². The van der Waals surface area contributed by atoms with Crippen LogP contribution in [0.15, 0.2) is 22.7 Å². The average Bonchev–Trinajstić information content (AvgIpc) is 2.37. The van der Waals surface area contributed by atoms with E-state index in [-0.39, 0.29) is 12.5 Å². The van der Waals surface area contributed by atoms with Crippen LogP contribution in [0.25, 0.3) is 0 Å². The van der Waals surface area contributed by atoms with Crippen molar-refractivity contribution in [2.24, 2.45) is 0 Å². The molecule has 1 rings (SSSR count). The highest BCUT2D eigenvalue weighted by molar-refractivity contribution is 9.10. The molecule has 1 aromatic carbocycles. The maximum absolute atomic E-state index is 11.5. The van der Waals surface area contributed by atoms with Crippen molar-refractivity contribution in [3.8, 4) is 5.75 Å². The number of carbonyl (C=O) groups excluding carboxylic acids is 1. The second kappa shape index (κ2) is 8.17. The highest BCUT2D eigenvalue weighted by Gasteiger charge is 2.11. The Bertz CT molecular complexity index is 421. The summed E-state index contributed by atoms with van der Waals surface area (Å²) in [5.41, 5.74) is 0.663. The lowest BCUT2D eigenvalue weighted by Crippen LogP contribution is -2.29. The smallest absolute Gasteiger partial charge is 0.257 e. The Morgan fingerprint density at radius 1 is 1.53 bits per heavy atom. The first-order valence-corrected chi connectivity index (χ1v) is 7.21. The second-order valence-electron chi connectivity index (χ2n) is 4.35. The van der Waals surface area contributed by atoms with Gasteiger partial charge in [0.1, 0.15) is 5.75 Å². The molecule has 0 heterocycles. The van der Waals surface area contributed by atoms with E-state index in [4.69, 9.17) is 4.74 Å². The molecule has 0 aliphatic heterocycles. The molecule has 0 aliphatic carbocycles. The predicted molar refractivity (Wildman–Crippen MR) is 78.2 cm³/mol. The lowest BCUT2D eigenvalue weighted by molar-refractivity contribution is -0.123. The number of rotatable bonds is 7. The van der Waals surface area contributed by atoms with Crippen molar-refractivity contribution in [1.29, 1.82) is 0 Å².